The number of benzene rings is 2. The predicted octanol–water partition coefficient (Wildman–Crippen LogP) is 5.70. The summed E-state index contributed by atoms with van der Waals surface area (Å²) < 4.78 is 16.4. The Morgan fingerprint density at radius 2 is 1.12 bits per heavy atom. The number of carbonyl (C=O) groups is 4. The minimum atomic E-state index is -0.597. The molecule has 2 aliphatic rings. The summed E-state index contributed by atoms with van der Waals surface area (Å²) >= 11 is 0. The van der Waals surface area contributed by atoms with Crippen molar-refractivity contribution in [3.63, 3.8) is 0 Å². The van der Waals surface area contributed by atoms with Crippen molar-refractivity contribution in [3.05, 3.63) is 88.8 Å². The number of hydrogen-bond acceptors (Lipinski definition) is 10. The van der Waals surface area contributed by atoms with Gasteiger partial charge in [0.1, 0.15) is 34.7 Å². The van der Waals surface area contributed by atoms with E-state index in [-0.39, 0.29) is 23.6 Å². The van der Waals surface area contributed by atoms with Gasteiger partial charge in [0.05, 0.1) is 17.6 Å². The third-order valence-electron chi connectivity index (χ3n) is 9.47. The summed E-state index contributed by atoms with van der Waals surface area (Å²) in [5.41, 5.74) is 4.47. The molecule has 3 aromatic heterocycles. The van der Waals surface area contributed by atoms with Crippen LogP contribution in [0.25, 0.3) is 22.8 Å². The molecular formula is C37H37N7O7. The van der Waals surface area contributed by atoms with Gasteiger partial charge in [0.25, 0.3) is 11.8 Å². The summed E-state index contributed by atoms with van der Waals surface area (Å²) in [6.07, 6.45) is 4.21. The van der Waals surface area contributed by atoms with Crippen LogP contribution in [0.3, 0.4) is 0 Å². The molecule has 0 aliphatic carbocycles. The number of aromatic nitrogens is 3. The molecule has 2 fully saturated rings. The number of nitrogens with zero attached hydrogens (tertiary/aromatic N) is 5. The highest BCUT2D eigenvalue weighted by Crippen LogP contribution is 2.30. The van der Waals surface area contributed by atoms with Crippen molar-refractivity contribution in [2.45, 2.75) is 65.5 Å². The van der Waals surface area contributed by atoms with E-state index in [2.05, 4.69) is 25.9 Å². The summed E-state index contributed by atoms with van der Waals surface area (Å²) in [6, 6.07) is 13.1. The molecule has 0 spiro atoms. The number of amides is 4. The minimum absolute atomic E-state index is 0.251. The second kappa shape index (κ2) is 13.7. The van der Waals surface area contributed by atoms with Gasteiger partial charge in [0.15, 0.2) is 5.76 Å². The quantitative estimate of drug-likeness (QED) is 0.205. The van der Waals surface area contributed by atoms with Gasteiger partial charge >= 0.3 is 0 Å². The largest absolute Gasteiger partial charge is 0.436 e. The van der Waals surface area contributed by atoms with Crippen molar-refractivity contribution in [2.75, 3.05) is 23.7 Å². The molecule has 51 heavy (non-hydrogen) atoms. The highest BCUT2D eigenvalue weighted by Gasteiger charge is 2.38. The van der Waals surface area contributed by atoms with E-state index in [1.807, 2.05) is 12.1 Å². The van der Waals surface area contributed by atoms with E-state index in [0.29, 0.717) is 88.6 Å². The fourth-order valence-electron chi connectivity index (χ4n) is 6.83. The van der Waals surface area contributed by atoms with Crippen LogP contribution in [0.5, 0.6) is 0 Å². The van der Waals surface area contributed by atoms with Crippen molar-refractivity contribution in [1.29, 1.82) is 0 Å². The van der Waals surface area contributed by atoms with Gasteiger partial charge in [-0.3, -0.25) is 19.2 Å². The normalized spacial score (nSPS) is 17.2. The van der Waals surface area contributed by atoms with Gasteiger partial charge in [-0.25, -0.2) is 4.98 Å². The Morgan fingerprint density at radius 1 is 0.667 bits per heavy atom. The highest BCUT2D eigenvalue weighted by molar-refractivity contribution is 6.03. The molecule has 0 bridgehead atoms. The van der Waals surface area contributed by atoms with Crippen molar-refractivity contribution in [1.82, 2.24) is 25.1 Å². The lowest BCUT2D eigenvalue weighted by molar-refractivity contribution is -0.120. The Labute approximate surface area is 293 Å². The molecule has 0 unspecified atom stereocenters. The van der Waals surface area contributed by atoms with Gasteiger partial charge in [0.2, 0.25) is 17.7 Å². The average Bonchev–Trinajstić information content (AvgIpc) is 3.97. The monoisotopic (exact) mass is 691 g/mol. The summed E-state index contributed by atoms with van der Waals surface area (Å²) in [5.74, 6) is 0.792. The molecule has 7 rings (SSSR count). The van der Waals surface area contributed by atoms with Crippen LogP contribution < -0.4 is 10.6 Å². The number of anilines is 2. The first kappa shape index (κ1) is 33.4. The van der Waals surface area contributed by atoms with E-state index in [1.54, 1.807) is 80.1 Å². The molecule has 2 aliphatic heterocycles. The summed E-state index contributed by atoms with van der Waals surface area (Å²) in [7, 11) is 0. The number of hydrogen-bond donors (Lipinski definition) is 2. The highest BCUT2D eigenvalue weighted by atomic mass is 16.5. The van der Waals surface area contributed by atoms with Crippen LogP contribution in [0.1, 0.15) is 69.3 Å². The van der Waals surface area contributed by atoms with E-state index in [0.717, 1.165) is 18.4 Å². The molecule has 5 aromatic rings. The molecular weight excluding hydrogens is 654 g/mol. The average molecular weight is 692 g/mol. The fourth-order valence-corrected chi connectivity index (χ4v) is 6.83. The smallest absolute Gasteiger partial charge is 0.260 e. The lowest BCUT2D eigenvalue weighted by Crippen LogP contribution is -2.43. The van der Waals surface area contributed by atoms with E-state index >= 15 is 0 Å². The third kappa shape index (κ3) is 6.52. The molecule has 14 heteroatoms. The molecule has 2 N–H and O–H groups in total. The Morgan fingerprint density at radius 3 is 1.55 bits per heavy atom. The first-order valence-corrected chi connectivity index (χ1v) is 16.8. The maximum atomic E-state index is 13.2. The SMILES string of the molecule is Cc1noc(C)c1C(=O)N1CCC[C@H]1C(=O)Nc1ccc(-c2cnc(-c3ccc(NC(=O)[C@@H]4CCCN4C(=O)c4c(C)noc4C)cc3)o2)cc1. The van der Waals surface area contributed by atoms with Crippen LogP contribution in [-0.2, 0) is 9.59 Å². The standard InChI is InChI=1S/C37H37N7O7/c1-20-31(22(3)50-41-20)36(47)43-17-5-7-28(43)33(45)39-26-13-9-24(10-14-26)30-19-38-35(49-30)25-11-15-27(16-12-25)40-34(46)29-8-6-18-44(29)37(48)32-21(2)42-51-23(32)4/h9-16,19,28-29H,5-8,17-18H2,1-4H3,(H,39,45)(H,40,46)/t28-,29-/m0/s1. The van der Waals surface area contributed by atoms with Gasteiger partial charge in [-0.15, -0.1) is 0 Å². The van der Waals surface area contributed by atoms with E-state index in [4.69, 9.17) is 13.5 Å². The Balaban J connectivity index is 0.958. The molecule has 2 saturated heterocycles. The topological polar surface area (TPSA) is 177 Å². The number of oxazole rings is 1. The molecule has 5 heterocycles. The van der Waals surface area contributed by atoms with Gasteiger partial charge in [-0.1, -0.05) is 10.3 Å². The Hall–Kier alpha value is -6.05. The molecule has 0 saturated carbocycles. The molecule has 2 atom stereocenters. The lowest BCUT2D eigenvalue weighted by Gasteiger charge is -2.24. The second-order valence-corrected chi connectivity index (χ2v) is 12.9. The maximum absolute atomic E-state index is 13.2. The second-order valence-electron chi connectivity index (χ2n) is 12.9. The van der Waals surface area contributed by atoms with Crippen LogP contribution in [0.15, 0.2) is 68.2 Å². The first-order chi connectivity index (χ1) is 24.6. The number of rotatable bonds is 8. The summed E-state index contributed by atoms with van der Waals surface area (Å²) in [4.78, 5) is 60.5. The lowest BCUT2D eigenvalue weighted by atomic mass is 10.1. The number of nitrogens with one attached hydrogen (secondary N) is 2. The minimum Gasteiger partial charge on any atom is -0.436 e. The molecule has 262 valence electrons. The molecule has 14 nitrogen and oxygen atoms in total. The van der Waals surface area contributed by atoms with Gasteiger partial charge in [-0.2, -0.15) is 0 Å². The van der Waals surface area contributed by atoms with E-state index < -0.39 is 12.1 Å². The van der Waals surface area contributed by atoms with Crippen molar-refractivity contribution >= 4 is 35.0 Å². The van der Waals surface area contributed by atoms with Crippen LogP contribution in [-0.4, -0.2) is 73.9 Å². The van der Waals surface area contributed by atoms with E-state index in [1.165, 1.54) is 0 Å². The summed E-state index contributed by atoms with van der Waals surface area (Å²) in [6.45, 7) is 7.78. The van der Waals surface area contributed by atoms with E-state index in [9.17, 15) is 19.2 Å². The Bertz CT molecular complexity index is 1930. The van der Waals surface area contributed by atoms with Crippen LogP contribution >= 0.6 is 0 Å². The van der Waals surface area contributed by atoms with Crippen LogP contribution in [0, 0.1) is 27.7 Å². The number of aryl methyl sites for hydroxylation is 4. The van der Waals surface area contributed by atoms with Gasteiger partial charge < -0.3 is 33.9 Å². The maximum Gasteiger partial charge on any atom is 0.260 e. The van der Waals surface area contributed by atoms with Crippen molar-refractivity contribution in [3.8, 4) is 22.8 Å². The zero-order valence-electron chi connectivity index (χ0n) is 28.7. The zero-order valence-corrected chi connectivity index (χ0v) is 28.7. The third-order valence-corrected chi connectivity index (χ3v) is 9.47. The van der Waals surface area contributed by atoms with Crippen molar-refractivity contribution in [2.24, 2.45) is 0 Å². The van der Waals surface area contributed by atoms with Gasteiger partial charge in [0, 0.05) is 35.6 Å². The van der Waals surface area contributed by atoms with Crippen molar-refractivity contribution < 1.29 is 32.6 Å². The molecule has 2 aromatic carbocycles. The Kier molecular flexibility index (Phi) is 8.98. The predicted molar refractivity (Wildman–Crippen MR) is 185 cm³/mol. The number of likely N-dealkylation sites (tertiary alicyclic amines) is 2. The zero-order chi connectivity index (χ0) is 35.8. The molecule has 0 radical (unpaired) electrons. The summed E-state index contributed by atoms with van der Waals surface area (Å²) in [5, 5.41) is 13.6. The van der Waals surface area contributed by atoms with Crippen LogP contribution in [0.4, 0.5) is 11.4 Å². The fraction of sp³-hybridized carbons (Fsp3) is 0.324. The first-order valence-electron chi connectivity index (χ1n) is 16.8. The number of carbonyl (C=O) groups excluding carboxylic acids is 4. The van der Waals surface area contributed by atoms with Gasteiger partial charge in [-0.05, 0) is 102 Å². The van der Waals surface area contributed by atoms with Crippen LogP contribution in [0.2, 0.25) is 0 Å². The molecule has 4 amide bonds.